The summed E-state index contributed by atoms with van der Waals surface area (Å²) < 4.78 is 5.24. The molecule has 0 aliphatic carbocycles. The first-order valence-corrected chi connectivity index (χ1v) is 6.86. The molecule has 0 aliphatic rings. The molecule has 0 spiro atoms. The van der Waals surface area contributed by atoms with Gasteiger partial charge in [-0.3, -0.25) is 0 Å². The number of phenols is 1. The highest BCUT2D eigenvalue weighted by Gasteiger charge is 2.11. The summed E-state index contributed by atoms with van der Waals surface area (Å²) in [6.45, 7) is 1.83. The zero-order valence-corrected chi connectivity index (χ0v) is 12.1. The summed E-state index contributed by atoms with van der Waals surface area (Å²) in [6, 6.07) is 12.8. The van der Waals surface area contributed by atoms with E-state index in [-0.39, 0.29) is 5.75 Å². The van der Waals surface area contributed by atoms with Crippen molar-refractivity contribution >= 4 is 11.6 Å². The monoisotopic (exact) mass is 300 g/mol. The second-order valence-corrected chi connectivity index (χ2v) is 5.26. The van der Waals surface area contributed by atoms with Crippen LogP contribution in [-0.4, -0.2) is 15.2 Å². The molecule has 5 heteroatoms. The van der Waals surface area contributed by atoms with E-state index in [0.717, 1.165) is 11.1 Å². The van der Waals surface area contributed by atoms with Crippen LogP contribution in [0.2, 0.25) is 5.02 Å². The molecule has 0 saturated carbocycles. The Morgan fingerprint density at radius 1 is 1.19 bits per heavy atom. The van der Waals surface area contributed by atoms with E-state index in [1.165, 1.54) is 0 Å². The number of benzene rings is 2. The Morgan fingerprint density at radius 3 is 2.81 bits per heavy atom. The number of hydrogen-bond acceptors (Lipinski definition) is 4. The number of rotatable bonds is 3. The van der Waals surface area contributed by atoms with Crippen molar-refractivity contribution in [3.8, 4) is 17.2 Å². The third-order valence-electron chi connectivity index (χ3n) is 3.18. The number of halogens is 1. The Balaban J connectivity index is 1.84. The van der Waals surface area contributed by atoms with Gasteiger partial charge in [-0.1, -0.05) is 35.0 Å². The standard InChI is InChI=1S/C16H13ClN2O2/c1-10-5-6-12(9-14(10)20)16-18-15(19-21-16)8-11-3-2-4-13(17)7-11/h2-7,9,20H,8H2,1H3. The van der Waals surface area contributed by atoms with Crippen LogP contribution in [0.4, 0.5) is 0 Å². The van der Waals surface area contributed by atoms with Crippen LogP contribution in [-0.2, 0) is 6.42 Å². The fraction of sp³-hybridized carbons (Fsp3) is 0.125. The van der Waals surface area contributed by atoms with E-state index in [9.17, 15) is 5.11 Å². The molecular weight excluding hydrogens is 288 g/mol. The second kappa shape index (κ2) is 5.58. The highest BCUT2D eigenvalue weighted by atomic mass is 35.5. The molecule has 2 aromatic carbocycles. The summed E-state index contributed by atoms with van der Waals surface area (Å²) in [5.74, 6) is 1.18. The average molecular weight is 301 g/mol. The van der Waals surface area contributed by atoms with Crippen molar-refractivity contribution in [2.24, 2.45) is 0 Å². The van der Waals surface area contributed by atoms with Gasteiger partial charge in [0.1, 0.15) is 5.75 Å². The van der Waals surface area contributed by atoms with Crippen LogP contribution < -0.4 is 0 Å². The molecule has 3 rings (SSSR count). The van der Waals surface area contributed by atoms with E-state index < -0.39 is 0 Å². The van der Waals surface area contributed by atoms with Crippen molar-refractivity contribution in [3.05, 3.63) is 64.4 Å². The highest BCUT2D eigenvalue weighted by molar-refractivity contribution is 6.30. The molecule has 1 heterocycles. The fourth-order valence-electron chi connectivity index (χ4n) is 2.01. The van der Waals surface area contributed by atoms with Gasteiger partial charge in [0.05, 0.1) is 0 Å². The van der Waals surface area contributed by atoms with Crippen LogP contribution in [0.5, 0.6) is 5.75 Å². The topological polar surface area (TPSA) is 59.2 Å². The van der Waals surface area contributed by atoms with E-state index in [4.69, 9.17) is 16.1 Å². The SMILES string of the molecule is Cc1ccc(-c2nc(Cc3cccc(Cl)c3)no2)cc1O. The first-order chi connectivity index (χ1) is 10.1. The lowest BCUT2D eigenvalue weighted by molar-refractivity contribution is 0.423. The van der Waals surface area contributed by atoms with Gasteiger partial charge in [-0.15, -0.1) is 0 Å². The quantitative estimate of drug-likeness (QED) is 0.794. The van der Waals surface area contributed by atoms with Crippen LogP contribution >= 0.6 is 11.6 Å². The highest BCUT2D eigenvalue weighted by Crippen LogP contribution is 2.25. The van der Waals surface area contributed by atoms with Crippen LogP contribution in [0.25, 0.3) is 11.5 Å². The van der Waals surface area contributed by atoms with Gasteiger partial charge in [0, 0.05) is 17.0 Å². The molecule has 0 atom stereocenters. The molecule has 0 saturated heterocycles. The predicted octanol–water partition coefficient (Wildman–Crippen LogP) is 3.99. The summed E-state index contributed by atoms with van der Waals surface area (Å²) in [4.78, 5) is 4.34. The van der Waals surface area contributed by atoms with E-state index in [2.05, 4.69) is 10.1 Å². The van der Waals surface area contributed by atoms with Crippen molar-refractivity contribution in [3.63, 3.8) is 0 Å². The minimum absolute atomic E-state index is 0.210. The first kappa shape index (κ1) is 13.6. The fourth-order valence-corrected chi connectivity index (χ4v) is 2.23. The van der Waals surface area contributed by atoms with E-state index in [1.54, 1.807) is 6.07 Å². The van der Waals surface area contributed by atoms with Crippen molar-refractivity contribution < 1.29 is 9.63 Å². The minimum Gasteiger partial charge on any atom is -0.508 e. The summed E-state index contributed by atoms with van der Waals surface area (Å²) in [6.07, 6.45) is 0.544. The molecule has 21 heavy (non-hydrogen) atoms. The summed E-state index contributed by atoms with van der Waals surface area (Å²) in [5.41, 5.74) is 2.52. The largest absolute Gasteiger partial charge is 0.508 e. The van der Waals surface area contributed by atoms with Gasteiger partial charge in [-0.25, -0.2) is 0 Å². The molecule has 3 aromatic rings. The lowest BCUT2D eigenvalue weighted by Gasteiger charge is -1.99. The maximum absolute atomic E-state index is 9.73. The summed E-state index contributed by atoms with van der Waals surface area (Å²) >= 11 is 5.95. The number of aromatic nitrogens is 2. The number of aryl methyl sites for hydroxylation is 1. The third kappa shape index (κ3) is 3.06. The smallest absolute Gasteiger partial charge is 0.258 e. The summed E-state index contributed by atoms with van der Waals surface area (Å²) in [7, 11) is 0. The van der Waals surface area contributed by atoms with E-state index >= 15 is 0 Å². The summed E-state index contributed by atoms with van der Waals surface area (Å²) in [5, 5.41) is 14.4. The second-order valence-electron chi connectivity index (χ2n) is 4.82. The Labute approximate surface area is 127 Å². The van der Waals surface area contributed by atoms with Crippen LogP contribution in [0.3, 0.4) is 0 Å². The zero-order chi connectivity index (χ0) is 14.8. The van der Waals surface area contributed by atoms with Crippen LogP contribution in [0.1, 0.15) is 17.0 Å². The lowest BCUT2D eigenvalue weighted by Crippen LogP contribution is -1.90. The van der Waals surface area contributed by atoms with Gasteiger partial charge < -0.3 is 9.63 Å². The molecule has 4 nitrogen and oxygen atoms in total. The molecule has 0 amide bonds. The van der Waals surface area contributed by atoms with Gasteiger partial charge in [0.2, 0.25) is 0 Å². The number of aromatic hydroxyl groups is 1. The zero-order valence-electron chi connectivity index (χ0n) is 11.4. The van der Waals surface area contributed by atoms with E-state index in [0.29, 0.717) is 28.7 Å². The Morgan fingerprint density at radius 2 is 2.05 bits per heavy atom. The molecular formula is C16H13ClN2O2. The van der Waals surface area contributed by atoms with Crippen LogP contribution in [0.15, 0.2) is 47.0 Å². The number of nitrogens with zero attached hydrogens (tertiary/aromatic N) is 2. The molecule has 0 bridgehead atoms. The Bertz CT molecular complexity index is 783. The third-order valence-corrected chi connectivity index (χ3v) is 3.41. The molecule has 106 valence electrons. The first-order valence-electron chi connectivity index (χ1n) is 6.49. The van der Waals surface area contributed by atoms with Gasteiger partial charge in [0.15, 0.2) is 5.82 Å². The van der Waals surface area contributed by atoms with Gasteiger partial charge >= 0.3 is 0 Å². The maximum atomic E-state index is 9.73. The minimum atomic E-state index is 0.210. The number of hydrogen-bond donors (Lipinski definition) is 1. The predicted molar refractivity (Wildman–Crippen MR) is 80.4 cm³/mol. The Hall–Kier alpha value is -2.33. The lowest BCUT2D eigenvalue weighted by atomic mass is 10.1. The molecule has 0 fully saturated rings. The van der Waals surface area contributed by atoms with Gasteiger partial charge in [-0.2, -0.15) is 4.98 Å². The van der Waals surface area contributed by atoms with Crippen molar-refractivity contribution in [2.45, 2.75) is 13.3 Å². The average Bonchev–Trinajstić information content (AvgIpc) is 2.90. The van der Waals surface area contributed by atoms with Crippen molar-refractivity contribution in [1.29, 1.82) is 0 Å². The normalized spacial score (nSPS) is 10.8. The molecule has 0 unspecified atom stereocenters. The Kier molecular flexibility index (Phi) is 3.62. The van der Waals surface area contributed by atoms with Crippen LogP contribution in [0, 0.1) is 6.92 Å². The molecule has 1 aromatic heterocycles. The van der Waals surface area contributed by atoms with Gasteiger partial charge in [0.25, 0.3) is 5.89 Å². The molecule has 0 radical (unpaired) electrons. The molecule has 1 N–H and O–H groups in total. The van der Waals surface area contributed by atoms with Crippen molar-refractivity contribution in [1.82, 2.24) is 10.1 Å². The maximum Gasteiger partial charge on any atom is 0.258 e. The van der Waals surface area contributed by atoms with Crippen molar-refractivity contribution in [2.75, 3.05) is 0 Å². The number of phenolic OH excluding ortho intramolecular Hbond substituents is 1. The van der Waals surface area contributed by atoms with E-state index in [1.807, 2.05) is 43.3 Å². The van der Waals surface area contributed by atoms with Gasteiger partial charge in [-0.05, 0) is 42.3 Å². The molecule has 0 aliphatic heterocycles.